The Morgan fingerprint density at radius 3 is 2.73 bits per heavy atom. The van der Waals surface area contributed by atoms with E-state index in [2.05, 4.69) is 12.2 Å². The topological polar surface area (TPSA) is 29.1 Å². The molecule has 0 spiro atoms. The summed E-state index contributed by atoms with van der Waals surface area (Å²) in [4.78, 5) is 11.4. The third kappa shape index (κ3) is 3.56. The van der Waals surface area contributed by atoms with Gasteiger partial charge >= 0.3 is 0 Å². The number of halogens is 1. The predicted octanol–water partition coefficient (Wildman–Crippen LogP) is 3.20. The van der Waals surface area contributed by atoms with E-state index >= 15 is 0 Å². The molecule has 15 heavy (non-hydrogen) atoms. The van der Waals surface area contributed by atoms with Crippen LogP contribution < -0.4 is 5.32 Å². The van der Waals surface area contributed by atoms with Crippen molar-refractivity contribution in [3.63, 3.8) is 0 Å². The molecule has 0 fully saturated rings. The molecule has 1 rings (SSSR count). The summed E-state index contributed by atoms with van der Waals surface area (Å²) < 4.78 is 0. The highest BCUT2D eigenvalue weighted by atomic mass is 35.5. The molecular weight excluding hydrogens is 210 g/mol. The third-order valence-electron chi connectivity index (χ3n) is 2.16. The van der Waals surface area contributed by atoms with Gasteiger partial charge in [0.25, 0.3) is 0 Å². The minimum absolute atomic E-state index is 0.153. The fraction of sp³-hybridized carbons (Fsp3) is 0.417. The number of anilines is 1. The second-order valence-electron chi connectivity index (χ2n) is 3.51. The number of amides is 1. The van der Waals surface area contributed by atoms with E-state index in [-0.39, 0.29) is 5.91 Å². The Kier molecular flexibility index (Phi) is 4.63. The van der Waals surface area contributed by atoms with Crippen molar-refractivity contribution in [3.8, 4) is 0 Å². The van der Waals surface area contributed by atoms with E-state index in [0.29, 0.717) is 0 Å². The van der Waals surface area contributed by atoms with E-state index in [4.69, 9.17) is 11.6 Å². The summed E-state index contributed by atoms with van der Waals surface area (Å²) in [7, 11) is 0. The first-order chi connectivity index (χ1) is 7.15. The SMILES string of the molecule is CCCc1ccccc1NC(=O)C(C)Cl. The lowest BCUT2D eigenvalue weighted by Gasteiger charge is -2.11. The fourth-order valence-corrected chi connectivity index (χ4v) is 1.42. The van der Waals surface area contributed by atoms with Crippen LogP contribution in [0.1, 0.15) is 25.8 Å². The zero-order chi connectivity index (χ0) is 11.3. The molecule has 0 aromatic heterocycles. The van der Waals surface area contributed by atoms with E-state index in [9.17, 15) is 4.79 Å². The Hall–Kier alpha value is -1.02. The van der Waals surface area contributed by atoms with E-state index in [1.807, 2.05) is 24.3 Å². The number of alkyl halides is 1. The van der Waals surface area contributed by atoms with Crippen molar-refractivity contribution in [3.05, 3.63) is 29.8 Å². The molecule has 0 aliphatic carbocycles. The van der Waals surface area contributed by atoms with Crippen LogP contribution in [0, 0.1) is 0 Å². The number of carbonyl (C=O) groups excluding carboxylic acids is 1. The highest BCUT2D eigenvalue weighted by Crippen LogP contribution is 2.17. The molecule has 1 amide bonds. The second kappa shape index (κ2) is 5.76. The lowest BCUT2D eigenvalue weighted by atomic mass is 10.1. The van der Waals surface area contributed by atoms with Crippen LogP contribution in [-0.4, -0.2) is 11.3 Å². The smallest absolute Gasteiger partial charge is 0.242 e. The average Bonchev–Trinajstić information content (AvgIpc) is 2.21. The predicted molar refractivity (Wildman–Crippen MR) is 64.4 cm³/mol. The Labute approximate surface area is 95.6 Å². The molecular formula is C12H16ClNO. The fourth-order valence-electron chi connectivity index (χ4n) is 1.36. The molecule has 82 valence electrons. The molecule has 0 radical (unpaired) electrons. The van der Waals surface area contributed by atoms with Gasteiger partial charge in [-0.15, -0.1) is 11.6 Å². The van der Waals surface area contributed by atoms with Crippen molar-refractivity contribution in [2.45, 2.75) is 32.1 Å². The summed E-state index contributed by atoms with van der Waals surface area (Å²) in [6.45, 7) is 3.78. The van der Waals surface area contributed by atoms with Crippen molar-refractivity contribution >= 4 is 23.2 Å². The molecule has 1 aromatic carbocycles. The molecule has 1 unspecified atom stereocenters. The number of para-hydroxylation sites is 1. The molecule has 0 saturated carbocycles. The largest absolute Gasteiger partial charge is 0.325 e. The van der Waals surface area contributed by atoms with Gasteiger partial charge < -0.3 is 5.32 Å². The third-order valence-corrected chi connectivity index (χ3v) is 2.35. The highest BCUT2D eigenvalue weighted by Gasteiger charge is 2.10. The standard InChI is InChI=1S/C12H16ClNO/c1-3-6-10-7-4-5-8-11(10)14-12(15)9(2)13/h4-5,7-9H,3,6H2,1-2H3,(H,14,15). The van der Waals surface area contributed by atoms with Gasteiger partial charge in [0.2, 0.25) is 5.91 Å². The number of aryl methyl sites for hydroxylation is 1. The normalized spacial score (nSPS) is 12.2. The van der Waals surface area contributed by atoms with Gasteiger partial charge in [0.1, 0.15) is 5.38 Å². The molecule has 0 saturated heterocycles. The summed E-state index contributed by atoms with van der Waals surface area (Å²) >= 11 is 5.70. The van der Waals surface area contributed by atoms with Crippen molar-refractivity contribution in [2.75, 3.05) is 5.32 Å². The Balaban J connectivity index is 2.79. The minimum Gasteiger partial charge on any atom is -0.325 e. The van der Waals surface area contributed by atoms with Gasteiger partial charge in [-0.25, -0.2) is 0 Å². The monoisotopic (exact) mass is 225 g/mol. The van der Waals surface area contributed by atoms with Gasteiger partial charge in [0.05, 0.1) is 0 Å². The molecule has 2 nitrogen and oxygen atoms in total. The van der Waals surface area contributed by atoms with Crippen molar-refractivity contribution < 1.29 is 4.79 Å². The highest BCUT2D eigenvalue weighted by molar-refractivity contribution is 6.32. The van der Waals surface area contributed by atoms with Crippen LogP contribution in [0.2, 0.25) is 0 Å². The molecule has 0 aliphatic heterocycles. The molecule has 0 bridgehead atoms. The second-order valence-corrected chi connectivity index (χ2v) is 4.17. The van der Waals surface area contributed by atoms with Crippen molar-refractivity contribution in [1.82, 2.24) is 0 Å². The maximum Gasteiger partial charge on any atom is 0.242 e. The van der Waals surface area contributed by atoms with Crippen molar-refractivity contribution in [2.24, 2.45) is 0 Å². The van der Waals surface area contributed by atoms with Crippen LogP contribution in [0.5, 0.6) is 0 Å². The number of benzene rings is 1. The summed E-state index contributed by atoms with van der Waals surface area (Å²) in [5, 5.41) is 2.32. The maximum atomic E-state index is 11.4. The molecule has 3 heteroatoms. The Bertz CT molecular complexity index is 336. The van der Waals surface area contributed by atoms with Gasteiger partial charge in [0, 0.05) is 5.69 Å². The Morgan fingerprint density at radius 1 is 1.47 bits per heavy atom. The lowest BCUT2D eigenvalue weighted by molar-refractivity contribution is -0.115. The number of hydrogen-bond donors (Lipinski definition) is 1. The van der Waals surface area contributed by atoms with Gasteiger partial charge in [-0.3, -0.25) is 4.79 Å². The van der Waals surface area contributed by atoms with E-state index < -0.39 is 5.38 Å². The van der Waals surface area contributed by atoms with E-state index in [1.165, 1.54) is 0 Å². The van der Waals surface area contributed by atoms with Crippen LogP contribution in [0.25, 0.3) is 0 Å². The van der Waals surface area contributed by atoms with Gasteiger partial charge in [0.15, 0.2) is 0 Å². The summed E-state index contributed by atoms with van der Waals surface area (Å²) in [6, 6.07) is 7.82. The van der Waals surface area contributed by atoms with Crippen LogP contribution in [0.15, 0.2) is 24.3 Å². The maximum absolute atomic E-state index is 11.4. The number of nitrogens with one attached hydrogen (secondary N) is 1. The zero-order valence-corrected chi connectivity index (χ0v) is 9.84. The average molecular weight is 226 g/mol. The van der Waals surface area contributed by atoms with Gasteiger partial charge in [-0.1, -0.05) is 31.5 Å². The van der Waals surface area contributed by atoms with Crippen molar-refractivity contribution in [1.29, 1.82) is 0 Å². The van der Waals surface area contributed by atoms with E-state index in [1.54, 1.807) is 6.92 Å². The Morgan fingerprint density at radius 2 is 2.13 bits per heavy atom. The van der Waals surface area contributed by atoms with Crippen LogP contribution in [0.4, 0.5) is 5.69 Å². The first-order valence-corrected chi connectivity index (χ1v) is 5.61. The van der Waals surface area contributed by atoms with Gasteiger partial charge in [-0.2, -0.15) is 0 Å². The van der Waals surface area contributed by atoms with Crippen LogP contribution >= 0.6 is 11.6 Å². The lowest BCUT2D eigenvalue weighted by Crippen LogP contribution is -2.21. The number of rotatable bonds is 4. The molecule has 0 aliphatic rings. The first-order valence-electron chi connectivity index (χ1n) is 5.18. The zero-order valence-electron chi connectivity index (χ0n) is 9.09. The molecule has 1 aromatic rings. The van der Waals surface area contributed by atoms with Crippen LogP contribution in [0.3, 0.4) is 0 Å². The minimum atomic E-state index is -0.500. The molecule has 1 N–H and O–H groups in total. The summed E-state index contributed by atoms with van der Waals surface area (Å²) in [5.74, 6) is -0.153. The van der Waals surface area contributed by atoms with Gasteiger partial charge in [-0.05, 0) is 25.0 Å². The quantitative estimate of drug-likeness (QED) is 0.784. The molecule has 0 heterocycles. The number of hydrogen-bond acceptors (Lipinski definition) is 1. The summed E-state index contributed by atoms with van der Waals surface area (Å²) in [5.41, 5.74) is 2.03. The summed E-state index contributed by atoms with van der Waals surface area (Å²) in [6.07, 6.45) is 2.02. The number of carbonyl (C=O) groups is 1. The van der Waals surface area contributed by atoms with Crippen LogP contribution in [-0.2, 0) is 11.2 Å². The molecule has 1 atom stereocenters. The first kappa shape index (κ1) is 12.1. The van der Waals surface area contributed by atoms with E-state index in [0.717, 1.165) is 24.1 Å².